The van der Waals surface area contributed by atoms with Crippen LogP contribution in [-0.4, -0.2) is 24.2 Å². The van der Waals surface area contributed by atoms with Crippen molar-refractivity contribution in [1.29, 1.82) is 0 Å². The summed E-state index contributed by atoms with van der Waals surface area (Å²) in [6, 6.07) is 3.52. The topological polar surface area (TPSA) is 74.4 Å². The Hall–Kier alpha value is -1.78. The number of carbonyl (C=O) groups excluding carboxylic acids is 1. The van der Waals surface area contributed by atoms with E-state index in [1.165, 1.54) is 0 Å². The summed E-state index contributed by atoms with van der Waals surface area (Å²) in [5, 5.41) is 0. The third kappa shape index (κ3) is 5.52. The molecule has 2 N–H and O–H groups in total. The van der Waals surface area contributed by atoms with Crippen LogP contribution in [0.5, 0.6) is 5.88 Å². The van der Waals surface area contributed by atoms with E-state index in [4.69, 9.17) is 15.2 Å². The van der Waals surface area contributed by atoms with E-state index in [0.29, 0.717) is 31.2 Å². The van der Waals surface area contributed by atoms with Crippen molar-refractivity contribution in [2.24, 2.45) is 0 Å². The molecule has 0 aromatic carbocycles. The van der Waals surface area contributed by atoms with E-state index in [1.807, 2.05) is 6.92 Å². The third-order valence-electron chi connectivity index (χ3n) is 2.37. The van der Waals surface area contributed by atoms with Gasteiger partial charge in [0, 0.05) is 12.6 Å². The van der Waals surface area contributed by atoms with Gasteiger partial charge in [0.1, 0.15) is 0 Å². The molecule has 0 saturated carbocycles. The third-order valence-corrected chi connectivity index (χ3v) is 2.37. The summed E-state index contributed by atoms with van der Waals surface area (Å²) in [4.78, 5) is 15.1. The number of nitrogen functional groups attached to an aromatic ring is 1. The number of ether oxygens (including phenoxy) is 2. The van der Waals surface area contributed by atoms with Gasteiger partial charge in [-0.3, -0.25) is 4.79 Å². The highest BCUT2D eigenvalue weighted by molar-refractivity contribution is 5.69. The van der Waals surface area contributed by atoms with Gasteiger partial charge >= 0.3 is 5.97 Å². The lowest BCUT2D eigenvalue weighted by atomic mass is 10.2. The normalized spacial score (nSPS) is 10.1. The van der Waals surface area contributed by atoms with Crippen molar-refractivity contribution in [2.75, 3.05) is 18.9 Å². The number of nitrogens with zero attached hydrogens (tertiary/aromatic N) is 1. The number of carbonyl (C=O) groups is 1. The fourth-order valence-electron chi connectivity index (χ4n) is 1.47. The molecule has 1 aromatic heterocycles. The molecular weight excluding hydrogens is 232 g/mol. The summed E-state index contributed by atoms with van der Waals surface area (Å²) in [5.41, 5.74) is 6.23. The minimum Gasteiger partial charge on any atom is -0.476 e. The van der Waals surface area contributed by atoms with Crippen molar-refractivity contribution in [2.45, 2.75) is 32.6 Å². The average molecular weight is 252 g/mol. The van der Waals surface area contributed by atoms with Crippen LogP contribution in [0.25, 0.3) is 0 Å². The Bertz CT molecular complexity index is 369. The van der Waals surface area contributed by atoms with E-state index in [-0.39, 0.29) is 5.97 Å². The fourth-order valence-corrected chi connectivity index (χ4v) is 1.47. The van der Waals surface area contributed by atoms with E-state index < -0.39 is 0 Å². The molecule has 0 atom stereocenters. The van der Waals surface area contributed by atoms with E-state index in [2.05, 4.69) is 4.98 Å². The molecule has 1 rings (SSSR count). The Morgan fingerprint density at radius 2 is 2.22 bits per heavy atom. The molecule has 0 amide bonds. The first-order chi connectivity index (χ1) is 8.74. The molecule has 0 aliphatic heterocycles. The molecule has 0 bridgehead atoms. The zero-order chi connectivity index (χ0) is 13.2. The maximum atomic E-state index is 11.1. The number of esters is 1. The van der Waals surface area contributed by atoms with Crippen molar-refractivity contribution >= 4 is 11.7 Å². The Kier molecular flexibility index (Phi) is 6.61. The Balaban J connectivity index is 2.06. The molecule has 0 radical (unpaired) electrons. The van der Waals surface area contributed by atoms with Crippen LogP contribution in [0.2, 0.25) is 0 Å². The number of rotatable bonds is 8. The quantitative estimate of drug-likeness (QED) is 0.567. The number of nitrogens with two attached hydrogens (primary N) is 1. The molecule has 5 nitrogen and oxygen atoms in total. The van der Waals surface area contributed by atoms with Crippen LogP contribution in [0.3, 0.4) is 0 Å². The van der Waals surface area contributed by atoms with E-state index in [0.717, 1.165) is 19.3 Å². The lowest BCUT2D eigenvalue weighted by Crippen LogP contribution is -2.04. The van der Waals surface area contributed by atoms with E-state index >= 15 is 0 Å². The second kappa shape index (κ2) is 8.33. The second-order valence-corrected chi connectivity index (χ2v) is 3.86. The second-order valence-electron chi connectivity index (χ2n) is 3.86. The largest absolute Gasteiger partial charge is 0.476 e. The van der Waals surface area contributed by atoms with E-state index in [1.54, 1.807) is 18.3 Å². The lowest BCUT2D eigenvalue weighted by Gasteiger charge is -2.06. The van der Waals surface area contributed by atoms with Crippen molar-refractivity contribution in [3.8, 4) is 5.88 Å². The number of anilines is 1. The molecule has 0 saturated heterocycles. The highest BCUT2D eigenvalue weighted by atomic mass is 16.5. The van der Waals surface area contributed by atoms with Gasteiger partial charge in [-0.2, -0.15) is 0 Å². The molecule has 0 aliphatic rings. The zero-order valence-electron chi connectivity index (χ0n) is 10.7. The first-order valence-electron chi connectivity index (χ1n) is 6.23. The highest BCUT2D eigenvalue weighted by Gasteiger charge is 2.02. The molecule has 18 heavy (non-hydrogen) atoms. The first kappa shape index (κ1) is 14.3. The fraction of sp³-hybridized carbons (Fsp3) is 0.538. The van der Waals surface area contributed by atoms with Crippen molar-refractivity contribution in [1.82, 2.24) is 4.98 Å². The SMILES string of the molecule is CCOC(=O)CCCCCOc1ncccc1N. The summed E-state index contributed by atoms with van der Waals surface area (Å²) < 4.78 is 10.3. The lowest BCUT2D eigenvalue weighted by molar-refractivity contribution is -0.143. The summed E-state index contributed by atoms with van der Waals surface area (Å²) >= 11 is 0. The monoisotopic (exact) mass is 252 g/mol. The number of unbranched alkanes of at least 4 members (excludes halogenated alkanes) is 2. The van der Waals surface area contributed by atoms with Crippen molar-refractivity contribution < 1.29 is 14.3 Å². The molecule has 0 unspecified atom stereocenters. The van der Waals surface area contributed by atoms with Gasteiger partial charge in [0.2, 0.25) is 5.88 Å². The molecule has 5 heteroatoms. The summed E-state index contributed by atoms with van der Waals surface area (Å²) in [5.74, 6) is 0.343. The minimum atomic E-state index is -0.132. The molecular formula is C13H20N2O3. The molecule has 1 aromatic rings. The van der Waals surface area contributed by atoms with Crippen LogP contribution in [0.1, 0.15) is 32.6 Å². The van der Waals surface area contributed by atoms with Crippen LogP contribution in [0.4, 0.5) is 5.69 Å². The average Bonchev–Trinajstić information content (AvgIpc) is 2.36. The Morgan fingerprint density at radius 3 is 2.94 bits per heavy atom. The predicted molar refractivity (Wildman–Crippen MR) is 69.2 cm³/mol. The summed E-state index contributed by atoms with van der Waals surface area (Å²) in [7, 11) is 0. The number of hydrogen-bond donors (Lipinski definition) is 1. The maximum Gasteiger partial charge on any atom is 0.305 e. The van der Waals surface area contributed by atoms with Crippen molar-refractivity contribution in [3.05, 3.63) is 18.3 Å². The van der Waals surface area contributed by atoms with Gasteiger partial charge in [0.25, 0.3) is 0 Å². The highest BCUT2D eigenvalue weighted by Crippen LogP contribution is 2.16. The molecule has 0 spiro atoms. The van der Waals surface area contributed by atoms with Crippen molar-refractivity contribution in [3.63, 3.8) is 0 Å². The van der Waals surface area contributed by atoms with Gasteiger partial charge in [-0.1, -0.05) is 0 Å². The summed E-state index contributed by atoms with van der Waals surface area (Å²) in [6.45, 7) is 2.81. The predicted octanol–water partition coefficient (Wildman–Crippen LogP) is 2.17. The molecule has 0 fully saturated rings. The first-order valence-corrected chi connectivity index (χ1v) is 6.23. The number of hydrogen-bond acceptors (Lipinski definition) is 5. The zero-order valence-corrected chi connectivity index (χ0v) is 10.7. The van der Waals surface area contributed by atoms with Gasteiger partial charge in [0.15, 0.2) is 0 Å². The summed E-state index contributed by atoms with van der Waals surface area (Å²) in [6.07, 6.45) is 4.73. The number of pyridine rings is 1. The van der Waals surface area contributed by atoms with Crippen LogP contribution >= 0.6 is 0 Å². The molecule has 0 aliphatic carbocycles. The van der Waals surface area contributed by atoms with Crippen LogP contribution in [0.15, 0.2) is 18.3 Å². The van der Waals surface area contributed by atoms with Crippen LogP contribution < -0.4 is 10.5 Å². The minimum absolute atomic E-state index is 0.132. The van der Waals surface area contributed by atoms with E-state index in [9.17, 15) is 4.79 Å². The maximum absolute atomic E-state index is 11.1. The van der Waals surface area contributed by atoms with Gasteiger partial charge in [-0.15, -0.1) is 0 Å². The molecule has 100 valence electrons. The Labute approximate surface area is 107 Å². The van der Waals surface area contributed by atoms with Crippen LogP contribution in [0, 0.1) is 0 Å². The van der Waals surface area contributed by atoms with Gasteiger partial charge in [0.05, 0.1) is 18.9 Å². The van der Waals surface area contributed by atoms with Gasteiger partial charge in [-0.25, -0.2) is 4.98 Å². The molecule has 1 heterocycles. The van der Waals surface area contributed by atoms with Gasteiger partial charge in [-0.05, 0) is 38.3 Å². The van der Waals surface area contributed by atoms with Crippen LogP contribution in [-0.2, 0) is 9.53 Å². The smallest absolute Gasteiger partial charge is 0.305 e. The number of aromatic nitrogens is 1. The standard InChI is InChI=1S/C13H20N2O3/c1-2-17-12(16)8-4-3-5-10-18-13-11(14)7-6-9-15-13/h6-7,9H,2-5,8,10,14H2,1H3. The Morgan fingerprint density at radius 1 is 1.39 bits per heavy atom. The van der Waals surface area contributed by atoms with Gasteiger partial charge < -0.3 is 15.2 Å².